The minimum absolute atomic E-state index is 0.0339. The molecule has 1 saturated carbocycles. The Morgan fingerprint density at radius 1 is 0.978 bits per heavy atom. The lowest BCUT2D eigenvalue weighted by Crippen LogP contribution is -2.57. The molecule has 0 spiro atoms. The molecule has 0 aromatic heterocycles. The molecule has 0 bridgehead atoms. The van der Waals surface area contributed by atoms with Crippen molar-refractivity contribution < 1.29 is 24.6 Å². The fraction of sp³-hybridized carbons (Fsp3) is 0.639. The van der Waals surface area contributed by atoms with Gasteiger partial charge in [-0.25, -0.2) is 0 Å². The summed E-state index contributed by atoms with van der Waals surface area (Å²) in [6.45, 7) is 2.87. The van der Waals surface area contributed by atoms with Crippen LogP contribution in [0.15, 0.2) is 30.3 Å². The number of nitrogens with one attached hydrogen (secondary N) is 2. The van der Waals surface area contributed by atoms with Crippen molar-refractivity contribution in [2.24, 2.45) is 17.8 Å². The van der Waals surface area contributed by atoms with Gasteiger partial charge in [0.15, 0.2) is 0 Å². The van der Waals surface area contributed by atoms with Crippen molar-refractivity contribution in [3.05, 3.63) is 35.9 Å². The highest BCUT2D eigenvalue weighted by atomic mass is 16.3. The van der Waals surface area contributed by atoms with Gasteiger partial charge in [-0.05, 0) is 51.8 Å². The molecule has 0 aliphatic heterocycles. The summed E-state index contributed by atoms with van der Waals surface area (Å²) in [5.74, 6) is 2.77. The topological polar surface area (TPSA) is 122 Å². The van der Waals surface area contributed by atoms with E-state index in [9.17, 15) is 24.6 Å². The van der Waals surface area contributed by atoms with E-state index >= 15 is 0 Å². The summed E-state index contributed by atoms with van der Waals surface area (Å²) in [4.78, 5) is 44.4. The lowest BCUT2D eigenvalue weighted by atomic mass is 9.82. The Hall–Kier alpha value is -3.37. The number of hydrogen-bond acceptors (Lipinski definition) is 6. The van der Waals surface area contributed by atoms with Gasteiger partial charge in [0, 0.05) is 38.9 Å². The molecule has 4 unspecified atom stereocenters. The fourth-order valence-corrected chi connectivity index (χ4v) is 5.79. The highest BCUT2D eigenvalue weighted by Gasteiger charge is 2.35. The summed E-state index contributed by atoms with van der Waals surface area (Å²) < 4.78 is 0. The van der Waals surface area contributed by atoms with Crippen LogP contribution in [0.5, 0.6) is 0 Å². The van der Waals surface area contributed by atoms with Crippen molar-refractivity contribution >= 4 is 17.7 Å². The molecule has 1 aromatic carbocycles. The standard InChI is InChI=1S/C36H54N4O5/c1-7-9-20-31(41)34(43)30(24-28-18-14-11-15-19-28)37-36(45)33(26(3)8-2)38-35(44)29(23-27-16-12-10-13-17-27)25-32(42)40(6)22-21-39(4)5/h1-2,10,12-13,16-17,26,28-31,33-34,41,43H,9,11,14-15,18-25H2,3-6H3,(H,37,45)(H,38,44)/t26?,29?,30?,31?,33-,34+/m0/s1. The third kappa shape index (κ3) is 13.3. The van der Waals surface area contributed by atoms with Gasteiger partial charge in [-0.3, -0.25) is 14.4 Å². The van der Waals surface area contributed by atoms with Crippen LogP contribution in [0.1, 0.15) is 70.3 Å². The summed E-state index contributed by atoms with van der Waals surface area (Å²) in [5, 5.41) is 27.6. The zero-order chi connectivity index (χ0) is 33.4. The van der Waals surface area contributed by atoms with Gasteiger partial charge in [0.25, 0.3) is 0 Å². The molecule has 1 aromatic rings. The maximum Gasteiger partial charge on any atom is 0.244 e. The van der Waals surface area contributed by atoms with Crippen LogP contribution in [-0.4, -0.2) is 96.3 Å². The van der Waals surface area contributed by atoms with E-state index in [0.29, 0.717) is 38.3 Å². The first-order chi connectivity index (χ1) is 21.5. The number of benzene rings is 1. The van der Waals surface area contributed by atoms with Gasteiger partial charge >= 0.3 is 0 Å². The van der Waals surface area contributed by atoms with E-state index in [1.165, 1.54) is 0 Å². The molecule has 1 aliphatic carbocycles. The lowest BCUT2D eigenvalue weighted by Gasteiger charge is -2.34. The van der Waals surface area contributed by atoms with Crippen LogP contribution in [-0.2, 0) is 20.8 Å². The van der Waals surface area contributed by atoms with Crippen LogP contribution in [0.3, 0.4) is 0 Å². The number of rotatable bonds is 18. The molecular weight excluding hydrogens is 568 g/mol. The second-order valence-corrected chi connectivity index (χ2v) is 12.8. The van der Waals surface area contributed by atoms with Gasteiger partial charge < -0.3 is 30.6 Å². The quantitative estimate of drug-likeness (QED) is 0.187. The van der Waals surface area contributed by atoms with Gasteiger partial charge in [0.05, 0.1) is 18.1 Å². The molecule has 0 saturated heterocycles. The van der Waals surface area contributed by atoms with E-state index in [4.69, 9.17) is 12.8 Å². The SMILES string of the molecule is C#CCCC(O)[C@H](O)C(CC1CCCCC1)NC(=O)[C@@H](NC(=O)C(CC(=O)N(C)CCN(C)C)Cc1ccccc1)C(C)C#C. The van der Waals surface area contributed by atoms with E-state index < -0.39 is 47.9 Å². The Balaban J connectivity index is 2.27. The van der Waals surface area contributed by atoms with Gasteiger partial charge in [-0.2, -0.15) is 0 Å². The highest BCUT2D eigenvalue weighted by Crippen LogP contribution is 2.29. The predicted octanol–water partition coefficient (Wildman–Crippen LogP) is 2.60. The van der Waals surface area contributed by atoms with E-state index in [-0.39, 0.29) is 18.7 Å². The van der Waals surface area contributed by atoms with Crippen LogP contribution in [0, 0.1) is 42.4 Å². The molecule has 6 atom stereocenters. The monoisotopic (exact) mass is 622 g/mol. The molecule has 248 valence electrons. The minimum atomic E-state index is -1.23. The summed E-state index contributed by atoms with van der Waals surface area (Å²) in [5.41, 5.74) is 0.893. The second kappa shape index (κ2) is 19.9. The zero-order valence-corrected chi connectivity index (χ0v) is 27.6. The van der Waals surface area contributed by atoms with Crippen LogP contribution in [0.4, 0.5) is 0 Å². The fourth-order valence-electron chi connectivity index (χ4n) is 5.79. The highest BCUT2D eigenvalue weighted by molar-refractivity contribution is 5.91. The number of aliphatic hydroxyl groups excluding tert-OH is 2. The van der Waals surface area contributed by atoms with Crippen molar-refractivity contribution in [2.75, 3.05) is 34.2 Å². The third-order valence-corrected chi connectivity index (χ3v) is 8.80. The van der Waals surface area contributed by atoms with Crippen LogP contribution in [0.2, 0.25) is 0 Å². The number of likely N-dealkylation sites (N-methyl/N-ethyl adjacent to an activating group) is 2. The number of nitrogens with zero attached hydrogens (tertiary/aromatic N) is 2. The minimum Gasteiger partial charge on any atom is -0.390 e. The molecule has 4 N–H and O–H groups in total. The molecule has 1 aliphatic rings. The molecular formula is C36H54N4O5. The first-order valence-corrected chi connectivity index (χ1v) is 16.3. The van der Waals surface area contributed by atoms with Gasteiger partial charge in [-0.15, -0.1) is 24.7 Å². The molecule has 0 heterocycles. The maximum atomic E-state index is 13.8. The van der Waals surface area contributed by atoms with Crippen molar-refractivity contribution in [1.82, 2.24) is 20.4 Å². The van der Waals surface area contributed by atoms with Crippen LogP contribution >= 0.6 is 0 Å². The Morgan fingerprint density at radius 3 is 2.24 bits per heavy atom. The first kappa shape index (κ1) is 37.8. The summed E-state index contributed by atoms with van der Waals surface area (Å²) in [6, 6.07) is 7.59. The third-order valence-electron chi connectivity index (χ3n) is 8.80. The van der Waals surface area contributed by atoms with Crippen molar-refractivity contribution in [3.63, 3.8) is 0 Å². The molecule has 0 radical (unpaired) electrons. The van der Waals surface area contributed by atoms with Crippen LogP contribution < -0.4 is 10.6 Å². The summed E-state index contributed by atoms with van der Waals surface area (Å²) in [6.07, 6.45) is 15.3. The van der Waals surface area contributed by atoms with Crippen molar-refractivity contribution in [1.29, 1.82) is 0 Å². The summed E-state index contributed by atoms with van der Waals surface area (Å²) in [7, 11) is 5.58. The zero-order valence-electron chi connectivity index (χ0n) is 27.6. The molecule has 2 rings (SSSR count). The molecule has 45 heavy (non-hydrogen) atoms. The molecule has 3 amide bonds. The number of terminal acetylenes is 2. The van der Waals surface area contributed by atoms with Crippen LogP contribution in [0.25, 0.3) is 0 Å². The molecule has 9 nitrogen and oxygen atoms in total. The number of amides is 3. The first-order valence-electron chi connectivity index (χ1n) is 16.3. The number of hydrogen-bond donors (Lipinski definition) is 4. The molecule has 1 fully saturated rings. The molecule has 9 heteroatoms. The number of carbonyl (C=O) groups excluding carboxylic acids is 3. The van der Waals surface area contributed by atoms with Crippen molar-refractivity contribution in [2.45, 2.75) is 95.4 Å². The average Bonchev–Trinajstić information content (AvgIpc) is 3.04. The summed E-state index contributed by atoms with van der Waals surface area (Å²) >= 11 is 0. The van der Waals surface area contributed by atoms with Gasteiger partial charge in [0.1, 0.15) is 12.1 Å². The Labute approximate surface area is 270 Å². The number of aliphatic hydroxyl groups is 2. The normalized spacial score (nSPS) is 17.5. The van der Waals surface area contributed by atoms with Gasteiger partial charge in [-0.1, -0.05) is 62.4 Å². The average molecular weight is 623 g/mol. The second-order valence-electron chi connectivity index (χ2n) is 12.8. The lowest BCUT2D eigenvalue weighted by molar-refractivity contribution is -0.137. The van der Waals surface area contributed by atoms with Gasteiger partial charge in [0.2, 0.25) is 17.7 Å². The predicted molar refractivity (Wildman–Crippen MR) is 178 cm³/mol. The maximum absolute atomic E-state index is 13.8. The van der Waals surface area contributed by atoms with E-state index in [0.717, 1.165) is 37.7 Å². The van der Waals surface area contributed by atoms with E-state index in [1.807, 2.05) is 49.3 Å². The van der Waals surface area contributed by atoms with E-state index in [2.05, 4.69) is 22.5 Å². The van der Waals surface area contributed by atoms with Crippen molar-refractivity contribution in [3.8, 4) is 24.7 Å². The Morgan fingerprint density at radius 2 is 1.64 bits per heavy atom. The smallest absolute Gasteiger partial charge is 0.244 e. The Kier molecular flexibility index (Phi) is 16.7. The largest absolute Gasteiger partial charge is 0.390 e. The van der Waals surface area contributed by atoms with E-state index in [1.54, 1.807) is 18.9 Å². The Bertz CT molecular complexity index is 1140. The number of carbonyl (C=O) groups is 3.